The Bertz CT molecular complexity index is 1010. The van der Waals surface area contributed by atoms with Gasteiger partial charge in [-0.3, -0.25) is 9.59 Å². The van der Waals surface area contributed by atoms with Crippen molar-refractivity contribution >= 4 is 11.9 Å². The van der Waals surface area contributed by atoms with Crippen LogP contribution in [0.1, 0.15) is 133 Å². The molecular weight excluding hydrogens is 484 g/mol. The zero-order chi connectivity index (χ0) is 29.0. The number of fused-ring (bicyclic) bond motifs is 7. The lowest BCUT2D eigenvalue weighted by molar-refractivity contribution is -0.252. The largest absolute Gasteiger partial charge is 0.481 e. The number of carbonyl (C=O) groups excluding carboxylic acids is 1. The molecule has 0 aliphatic heterocycles. The molecule has 1 N–H and O–H groups in total. The van der Waals surface area contributed by atoms with Crippen LogP contribution in [-0.2, 0) is 14.3 Å². The van der Waals surface area contributed by atoms with Crippen LogP contribution >= 0.6 is 0 Å². The highest BCUT2D eigenvalue weighted by molar-refractivity contribution is 5.76. The zero-order valence-corrected chi connectivity index (χ0v) is 26.8. The molecule has 0 bridgehead atoms. The third kappa shape index (κ3) is 3.87. The van der Waals surface area contributed by atoms with Crippen LogP contribution in [-0.4, -0.2) is 23.1 Å². The maximum atomic E-state index is 12.9. The van der Waals surface area contributed by atoms with E-state index in [0.717, 1.165) is 38.5 Å². The number of aliphatic carboxylic acids is 1. The van der Waals surface area contributed by atoms with Crippen LogP contribution in [0.3, 0.4) is 0 Å². The molecule has 39 heavy (non-hydrogen) atoms. The average Bonchev–Trinajstić information content (AvgIpc) is 3.22. The second kappa shape index (κ2) is 8.97. The molecular formula is C35H58O4. The van der Waals surface area contributed by atoms with Gasteiger partial charge in [-0.05, 0) is 137 Å². The van der Waals surface area contributed by atoms with E-state index in [1.165, 1.54) is 25.7 Å². The van der Waals surface area contributed by atoms with Crippen molar-refractivity contribution in [3.63, 3.8) is 0 Å². The fourth-order valence-electron chi connectivity index (χ4n) is 12.3. The maximum absolute atomic E-state index is 12.9. The highest BCUT2D eigenvalue weighted by Gasteiger charge is 2.72. The Kier molecular flexibility index (Phi) is 6.77. The van der Waals surface area contributed by atoms with Gasteiger partial charge in [-0.2, -0.15) is 0 Å². The summed E-state index contributed by atoms with van der Waals surface area (Å²) in [5.74, 6) is 2.50. The minimum Gasteiger partial charge on any atom is -0.481 e. The summed E-state index contributed by atoms with van der Waals surface area (Å²) in [6.07, 6.45) is 10.8. The van der Waals surface area contributed by atoms with Gasteiger partial charge < -0.3 is 9.84 Å². The second-order valence-electron chi connectivity index (χ2n) is 17.6. The number of hydrogen-bond acceptors (Lipinski definition) is 3. The number of carboxylic acid groups (broad SMARTS) is 1. The molecule has 10 atom stereocenters. The third-order valence-electron chi connectivity index (χ3n) is 14.6. The van der Waals surface area contributed by atoms with E-state index in [0.29, 0.717) is 35.5 Å². The predicted molar refractivity (Wildman–Crippen MR) is 156 cm³/mol. The molecule has 4 heteroatoms. The van der Waals surface area contributed by atoms with Crippen molar-refractivity contribution in [2.75, 3.05) is 0 Å². The zero-order valence-electron chi connectivity index (χ0n) is 26.8. The molecule has 5 saturated carbocycles. The topological polar surface area (TPSA) is 63.6 Å². The number of hydrogen-bond donors (Lipinski definition) is 1. The van der Waals surface area contributed by atoms with Crippen LogP contribution in [0.15, 0.2) is 0 Å². The lowest BCUT2D eigenvalue weighted by Crippen LogP contribution is -2.67. The van der Waals surface area contributed by atoms with Gasteiger partial charge in [0.05, 0.1) is 10.8 Å². The lowest BCUT2D eigenvalue weighted by atomic mass is 9.32. The first-order valence-electron chi connectivity index (χ1n) is 16.3. The van der Waals surface area contributed by atoms with Gasteiger partial charge in [0.15, 0.2) is 0 Å². The fourth-order valence-corrected chi connectivity index (χ4v) is 12.3. The first-order valence-corrected chi connectivity index (χ1v) is 16.3. The van der Waals surface area contributed by atoms with Crippen LogP contribution in [0.25, 0.3) is 0 Å². The van der Waals surface area contributed by atoms with Crippen LogP contribution < -0.4 is 0 Å². The molecule has 5 fully saturated rings. The third-order valence-corrected chi connectivity index (χ3v) is 14.6. The SMILES string of the molecule is CC(C)[C@@H]1CC[C@]2(C(=O)O)CC[C@]3(C)[C@H](CC[C@@H]4[C@@]5(C)CC[C@H](OC(=O)C(C)(C)C)C(C)(C)[C@@H]5CC[C@]43C)[C@@H]12. The Morgan fingerprint density at radius 1 is 0.795 bits per heavy atom. The molecule has 0 unspecified atom stereocenters. The Balaban J connectivity index is 1.47. The Morgan fingerprint density at radius 3 is 2.05 bits per heavy atom. The molecule has 5 aliphatic carbocycles. The first-order chi connectivity index (χ1) is 17.9. The van der Waals surface area contributed by atoms with Crippen LogP contribution in [0, 0.1) is 68.0 Å². The summed E-state index contributed by atoms with van der Waals surface area (Å²) in [5, 5.41) is 10.6. The normalized spacial score (nSPS) is 48.9. The maximum Gasteiger partial charge on any atom is 0.311 e. The summed E-state index contributed by atoms with van der Waals surface area (Å²) >= 11 is 0. The number of ether oxygens (including phenoxy) is 1. The summed E-state index contributed by atoms with van der Waals surface area (Å²) in [6, 6.07) is 0. The molecule has 0 aromatic heterocycles. The second-order valence-corrected chi connectivity index (χ2v) is 17.6. The molecule has 222 valence electrons. The minimum atomic E-state index is -0.509. The van der Waals surface area contributed by atoms with E-state index in [1.54, 1.807) is 0 Å². The van der Waals surface area contributed by atoms with Crippen LogP contribution in [0.5, 0.6) is 0 Å². The molecule has 0 amide bonds. The quantitative estimate of drug-likeness (QED) is 0.362. The van der Waals surface area contributed by atoms with Crippen molar-refractivity contribution < 1.29 is 19.4 Å². The van der Waals surface area contributed by atoms with Gasteiger partial charge in [0.2, 0.25) is 0 Å². The van der Waals surface area contributed by atoms with E-state index >= 15 is 0 Å². The summed E-state index contributed by atoms with van der Waals surface area (Å²) in [4.78, 5) is 25.8. The highest BCUT2D eigenvalue weighted by atomic mass is 16.5. The monoisotopic (exact) mass is 542 g/mol. The fraction of sp³-hybridized carbons (Fsp3) is 0.943. The smallest absolute Gasteiger partial charge is 0.311 e. The summed E-state index contributed by atoms with van der Waals surface area (Å²) in [6.45, 7) is 23.1. The summed E-state index contributed by atoms with van der Waals surface area (Å²) < 4.78 is 6.25. The van der Waals surface area contributed by atoms with Crippen molar-refractivity contribution in [2.24, 2.45) is 68.0 Å². The van der Waals surface area contributed by atoms with Crippen molar-refractivity contribution in [2.45, 2.75) is 140 Å². The van der Waals surface area contributed by atoms with E-state index in [2.05, 4.69) is 48.5 Å². The van der Waals surface area contributed by atoms with Crippen molar-refractivity contribution in [3.8, 4) is 0 Å². The molecule has 0 saturated heterocycles. The van der Waals surface area contributed by atoms with Gasteiger partial charge in [0.25, 0.3) is 0 Å². The van der Waals surface area contributed by atoms with Gasteiger partial charge in [-0.1, -0.05) is 48.5 Å². The Labute approximate surface area is 238 Å². The number of carbonyl (C=O) groups is 2. The predicted octanol–water partition coefficient (Wildman–Crippen LogP) is 8.77. The summed E-state index contributed by atoms with van der Waals surface area (Å²) in [7, 11) is 0. The van der Waals surface area contributed by atoms with Crippen molar-refractivity contribution in [3.05, 3.63) is 0 Å². The van der Waals surface area contributed by atoms with Gasteiger partial charge in [0, 0.05) is 5.41 Å². The molecule has 0 spiro atoms. The lowest BCUT2D eigenvalue weighted by Gasteiger charge is -2.72. The Morgan fingerprint density at radius 2 is 1.46 bits per heavy atom. The Hall–Kier alpha value is -1.06. The average molecular weight is 543 g/mol. The first kappa shape index (κ1) is 29.4. The van der Waals surface area contributed by atoms with E-state index in [1.807, 2.05) is 20.8 Å². The van der Waals surface area contributed by atoms with E-state index in [4.69, 9.17) is 4.74 Å². The molecule has 0 aromatic carbocycles. The van der Waals surface area contributed by atoms with E-state index < -0.39 is 16.8 Å². The van der Waals surface area contributed by atoms with Crippen molar-refractivity contribution in [1.82, 2.24) is 0 Å². The number of rotatable bonds is 3. The van der Waals surface area contributed by atoms with Gasteiger partial charge in [-0.25, -0.2) is 0 Å². The minimum absolute atomic E-state index is 0.0188. The van der Waals surface area contributed by atoms with E-state index in [9.17, 15) is 14.7 Å². The number of esters is 1. The van der Waals surface area contributed by atoms with Gasteiger partial charge in [-0.15, -0.1) is 0 Å². The molecule has 4 nitrogen and oxygen atoms in total. The van der Waals surface area contributed by atoms with Gasteiger partial charge in [0.1, 0.15) is 6.10 Å². The molecule has 0 heterocycles. The highest BCUT2D eigenvalue weighted by Crippen LogP contribution is 2.77. The van der Waals surface area contributed by atoms with E-state index in [-0.39, 0.29) is 33.7 Å². The van der Waals surface area contributed by atoms with Crippen LogP contribution in [0.2, 0.25) is 0 Å². The molecule has 5 aliphatic rings. The number of carboxylic acids is 1. The molecule has 0 radical (unpaired) electrons. The summed E-state index contributed by atoms with van der Waals surface area (Å²) in [5.41, 5.74) is -0.392. The molecule has 0 aromatic rings. The van der Waals surface area contributed by atoms with Crippen molar-refractivity contribution in [1.29, 1.82) is 0 Å². The van der Waals surface area contributed by atoms with Gasteiger partial charge >= 0.3 is 11.9 Å². The molecule has 5 rings (SSSR count). The van der Waals surface area contributed by atoms with Crippen LogP contribution in [0.4, 0.5) is 0 Å². The standard InChI is InChI=1S/C35H58O4/c1-21(2)22-13-18-35(28(36)37)20-19-33(9)23(27(22)35)11-12-25-32(8)16-15-26(39-29(38)30(3,4)5)31(6,7)24(32)14-17-34(25,33)10/h21-27H,11-20H2,1-10H3,(H,36,37)/t22-,23+,24-,25+,26-,27+,32-,33+,34+,35-/m0/s1.